The maximum absolute atomic E-state index is 11.9. The molecule has 3 rings (SSSR count). The van der Waals surface area contributed by atoms with E-state index in [2.05, 4.69) is 21.4 Å². The van der Waals surface area contributed by atoms with Crippen LogP contribution in [0.4, 0.5) is 0 Å². The molecular formula is C15H12ClN3OS. The van der Waals surface area contributed by atoms with Gasteiger partial charge in [-0.2, -0.15) is 0 Å². The fourth-order valence-electron chi connectivity index (χ4n) is 1.92. The standard InChI is InChI=1S/C15H12ClN3OS/c16-13-6-5-10(9-18-13)15(20)17-8-7-14-19-11-3-1-2-4-12(11)21-14/h1-6,9H,7-8H2,(H,17,20). The zero-order chi connectivity index (χ0) is 14.7. The molecule has 2 heterocycles. The van der Waals surface area contributed by atoms with Crippen molar-refractivity contribution in [1.29, 1.82) is 0 Å². The Balaban J connectivity index is 1.58. The largest absolute Gasteiger partial charge is 0.352 e. The Bertz CT molecular complexity index is 737. The molecule has 21 heavy (non-hydrogen) atoms. The van der Waals surface area contributed by atoms with Gasteiger partial charge in [0.25, 0.3) is 5.91 Å². The van der Waals surface area contributed by atoms with E-state index in [1.54, 1.807) is 23.5 Å². The Labute approximate surface area is 130 Å². The Morgan fingerprint density at radius 3 is 2.86 bits per heavy atom. The fourth-order valence-corrected chi connectivity index (χ4v) is 3.00. The lowest BCUT2D eigenvalue weighted by atomic mass is 10.2. The summed E-state index contributed by atoms with van der Waals surface area (Å²) >= 11 is 7.34. The van der Waals surface area contributed by atoms with Crippen molar-refractivity contribution in [3.63, 3.8) is 0 Å². The Kier molecular flexibility index (Phi) is 4.13. The van der Waals surface area contributed by atoms with Crippen LogP contribution in [-0.4, -0.2) is 22.4 Å². The molecule has 4 nitrogen and oxygen atoms in total. The average molecular weight is 318 g/mol. The Hall–Kier alpha value is -1.98. The molecular weight excluding hydrogens is 306 g/mol. The lowest BCUT2D eigenvalue weighted by molar-refractivity contribution is 0.0954. The van der Waals surface area contributed by atoms with E-state index in [9.17, 15) is 4.79 Å². The number of fused-ring (bicyclic) bond motifs is 1. The van der Waals surface area contributed by atoms with Crippen LogP contribution in [0.15, 0.2) is 42.6 Å². The van der Waals surface area contributed by atoms with E-state index < -0.39 is 0 Å². The Morgan fingerprint density at radius 1 is 1.24 bits per heavy atom. The van der Waals surface area contributed by atoms with Gasteiger partial charge in [0.2, 0.25) is 0 Å². The molecule has 0 aliphatic carbocycles. The summed E-state index contributed by atoms with van der Waals surface area (Å²) in [4.78, 5) is 20.3. The third kappa shape index (κ3) is 3.37. The number of rotatable bonds is 4. The normalized spacial score (nSPS) is 10.7. The van der Waals surface area contributed by atoms with Crippen molar-refractivity contribution in [2.45, 2.75) is 6.42 Å². The minimum atomic E-state index is -0.153. The number of halogens is 1. The van der Waals surface area contributed by atoms with Crippen molar-refractivity contribution in [3.05, 3.63) is 58.3 Å². The summed E-state index contributed by atoms with van der Waals surface area (Å²) in [6, 6.07) is 11.3. The van der Waals surface area contributed by atoms with Gasteiger partial charge in [-0.25, -0.2) is 9.97 Å². The van der Waals surface area contributed by atoms with E-state index in [1.165, 1.54) is 10.9 Å². The summed E-state index contributed by atoms with van der Waals surface area (Å²) in [5.41, 5.74) is 1.51. The van der Waals surface area contributed by atoms with Gasteiger partial charge in [0.05, 0.1) is 20.8 Å². The molecule has 0 spiro atoms. The number of aromatic nitrogens is 2. The first kappa shape index (κ1) is 14.0. The van der Waals surface area contributed by atoms with Gasteiger partial charge in [-0.05, 0) is 24.3 Å². The van der Waals surface area contributed by atoms with Gasteiger partial charge in [-0.15, -0.1) is 11.3 Å². The highest BCUT2D eigenvalue weighted by Gasteiger charge is 2.07. The number of amides is 1. The quantitative estimate of drug-likeness (QED) is 0.751. The number of hydrogen-bond acceptors (Lipinski definition) is 4. The van der Waals surface area contributed by atoms with E-state index in [0.29, 0.717) is 23.7 Å². The molecule has 106 valence electrons. The zero-order valence-corrected chi connectivity index (χ0v) is 12.6. The molecule has 0 bridgehead atoms. The van der Waals surface area contributed by atoms with Crippen molar-refractivity contribution < 1.29 is 4.79 Å². The highest BCUT2D eigenvalue weighted by molar-refractivity contribution is 7.18. The highest BCUT2D eigenvalue weighted by Crippen LogP contribution is 2.21. The highest BCUT2D eigenvalue weighted by atomic mass is 35.5. The van der Waals surface area contributed by atoms with Gasteiger partial charge in [-0.1, -0.05) is 23.7 Å². The number of pyridine rings is 1. The number of benzene rings is 1. The van der Waals surface area contributed by atoms with Gasteiger partial charge < -0.3 is 5.32 Å². The van der Waals surface area contributed by atoms with E-state index in [4.69, 9.17) is 11.6 Å². The number of carbonyl (C=O) groups is 1. The second kappa shape index (κ2) is 6.20. The third-order valence-corrected chi connectivity index (χ3v) is 4.27. The molecule has 0 atom stereocenters. The molecule has 0 fully saturated rings. The van der Waals surface area contributed by atoms with Gasteiger partial charge in [0, 0.05) is 19.2 Å². The van der Waals surface area contributed by atoms with Crippen LogP contribution >= 0.6 is 22.9 Å². The van der Waals surface area contributed by atoms with Crippen LogP contribution in [0.25, 0.3) is 10.2 Å². The van der Waals surface area contributed by atoms with Crippen molar-refractivity contribution in [1.82, 2.24) is 15.3 Å². The van der Waals surface area contributed by atoms with Crippen molar-refractivity contribution >= 4 is 39.1 Å². The lowest BCUT2D eigenvalue weighted by Crippen LogP contribution is -2.25. The number of carbonyl (C=O) groups excluding carboxylic acids is 1. The van der Waals surface area contributed by atoms with E-state index >= 15 is 0 Å². The first-order valence-electron chi connectivity index (χ1n) is 6.46. The van der Waals surface area contributed by atoms with Crippen molar-refractivity contribution in [2.24, 2.45) is 0 Å². The number of hydrogen-bond donors (Lipinski definition) is 1. The summed E-state index contributed by atoms with van der Waals surface area (Å²) in [6.07, 6.45) is 2.18. The van der Waals surface area contributed by atoms with Crippen LogP contribution in [0.3, 0.4) is 0 Å². The van der Waals surface area contributed by atoms with Crippen LogP contribution in [0.5, 0.6) is 0 Å². The molecule has 0 saturated carbocycles. The van der Waals surface area contributed by atoms with Gasteiger partial charge >= 0.3 is 0 Å². The van der Waals surface area contributed by atoms with E-state index in [1.807, 2.05) is 18.2 Å². The monoisotopic (exact) mass is 317 g/mol. The summed E-state index contributed by atoms with van der Waals surface area (Å²) in [5.74, 6) is -0.153. The number of thiazole rings is 1. The van der Waals surface area contributed by atoms with Crippen LogP contribution < -0.4 is 5.32 Å². The summed E-state index contributed by atoms with van der Waals surface area (Å²) in [7, 11) is 0. The molecule has 1 aromatic carbocycles. The number of nitrogens with one attached hydrogen (secondary N) is 1. The van der Waals surface area contributed by atoms with Crippen LogP contribution in [0, 0.1) is 0 Å². The molecule has 0 saturated heterocycles. The van der Waals surface area contributed by atoms with Crippen LogP contribution in [-0.2, 0) is 6.42 Å². The summed E-state index contributed by atoms with van der Waals surface area (Å²) in [5, 5.41) is 4.25. The Morgan fingerprint density at radius 2 is 2.10 bits per heavy atom. The van der Waals surface area contributed by atoms with E-state index in [0.717, 1.165) is 10.5 Å². The predicted molar refractivity (Wildman–Crippen MR) is 84.9 cm³/mol. The number of para-hydroxylation sites is 1. The second-order valence-corrected chi connectivity index (χ2v) is 5.95. The van der Waals surface area contributed by atoms with E-state index in [-0.39, 0.29) is 5.91 Å². The van der Waals surface area contributed by atoms with Crippen LogP contribution in [0.1, 0.15) is 15.4 Å². The zero-order valence-electron chi connectivity index (χ0n) is 11.0. The third-order valence-electron chi connectivity index (χ3n) is 2.95. The average Bonchev–Trinajstić information content (AvgIpc) is 2.90. The maximum Gasteiger partial charge on any atom is 0.252 e. The number of nitrogens with zero attached hydrogens (tertiary/aromatic N) is 2. The second-order valence-electron chi connectivity index (χ2n) is 4.45. The van der Waals surface area contributed by atoms with Crippen LogP contribution in [0.2, 0.25) is 5.15 Å². The molecule has 0 unspecified atom stereocenters. The fraction of sp³-hybridized carbons (Fsp3) is 0.133. The molecule has 2 aromatic heterocycles. The topological polar surface area (TPSA) is 54.9 Å². The first-order chi connectivity index (χ1) is 10.2. The summed E-state index contributed by atoms with van der Waals surface area (Å²) in [6.45, 7) is 0.543. The van der Waals surface area contributed by atoms with Gasteiger partial charge in [0.15, 0.2) is 0 Å². The molecule has 1 amide bonds. The molecule has 0 aliphatic heterocycles. The SMILES string of the molecule is O=C(NCCc1nc2ccccc2s1)c1ccc(Cl)nc1. The smallest absolute Gasteiger partial charge is 0.252 e. The molecule has 1 N–H and O–H groups in total. The van der Waals surface area contributed by atoms with Crippen molar-refractivity contribution in [2.75, 3.05) is 6.54 Å². The predicted octanol–water partition coefficient (Wildman–Crippen LogP) is 3.32. The van der Waals surface area contributed by atoms with Crippen molar-refractivity contribution in [3.8, 4) is 0 Å². The molecule has 3 aromatic rings. The molecule has 6 heteroatoms. The maximum atomic E-state index is 11.9. The minimum absolute atomic E-state index is 0.153. The summed E-state index contributed by atoms with van der Waals surface area (Å²) < 4.78 is 1.17. The lowest BCUT2D eigenvalue weighted by Gasteiger charge is -2.03. The minimum Gasteiger partial charge on any atom is -0.352 e. The molecule has 0 aliphatic rings. The van der Waals surface area contributed by atoms with Gasteiger partial charge in [0.1, 0.15) is 5.15 Å². The van der Waals surface area contributed by atoms with Gasteiger partial charge in [-0.3, -0.25) is 4.79 Å². The first-order valence-corrected chi connectivity index (χ1v) is 7.66. The molecule has 0 radical (unpaired) electrons.